The fraction of sp³-hybridized carbons (Fsp3) is 0.889. The van der Waals surface area contributed by atoms with Crippen molar-refractivity contribution in [1.82, 2.24) is 4.90 Å². The first-order chi connectivity index (χ1) is 6.28. The van der Waals surface area contributed by atoms with E-state index in [-0.39, 0.29) is 5.41 Å². The van der Waals surface area contributed by atoms with Crippen LogP contribution in [0.25, 0.3) is 0 Å². The van der Waals surface area contributed by atoms with Crippen LogP contribution in [0.2, 0.25) is 0 Å². The molecule has 0 saturated carbocycles. The molecule has 0 aromatic heterocycles. The van der Waals surface area contributed by atoms with Gasteiger partial charge in [-0.15, -0.1) is 0 Å². The van der Waals surface area contributed by atoms with Crippen LogP contribution in [0.15, 0.2) is 0 Å². The van der Waals surface area contributed by atoms with Gasteiger partial charge < -0.3 is 10.6 Å². The summed E-state index contributed by atoms with van der Waals surface area (Å²) in [5.74, 6) is -4.35. The summed E-state index contributed by atoms with van der Waals surface area (Å²) in [6, 6.07) is 0. The van der Waals surface area contributed by atoms with Gasteiger partial charge >= 0.3 is 5.92 Å². The predicted octanol–water partition coefficient (Wildman–Crippen LogP) is 0.839. The summed E-state index contributed by atoms with van der Waals surface area (Å²) in [4.78, 5) is 12.4. The average molecular weight is 206 g/mol. The van der Waals surface area contributed by atoms with Crippen molar-refractivity contribution < 1.29 is 13.6 Å². The van der Waals surface area contributed by atoms with Gasteiger partial charge in [-0.05, 0) is 18.4 Å². The van der Waals surface area contributed by atoms with Crippen LogP contribution >= 0.6 is 0 Å². The van der Waals surface area contributed by atoms with E-state index in [0.717, 1.165) is 0 Å². The lowest BCUT2D eigenvalue weighted by Crippen LogP contribution is -2.42. The summed E-state index contributed by atoms with van der Waals surface area (Å²) in [6.07, 6.45) is 0.700. The van der Waals surface area contributed by atoms with Crippen LogP contribution in [-0.4, -0.2) is 36.4 Å². The summed E-state index contributed by atoms with van der Waals surface area (Å²) in [7, 11) is 0. The lowest BCUT2D eigenvalue weighted by Gasteiger charge is -2.24. The first-order valence-electron chi connectivity index (χ1n) is 4.66. The first-order valence-corrected chi connectivity index (χ1v) is 4.66. The molecule has 1 atom stereocenters. The molecule has 82 valence electrons. The smallest absolute Gasteiger partial charge is 0.322 e. The molecule has 1 amide bonds. The zero-order valence-corrected chi connectivity index (χ0v) is 8.52. The highest BCUT2D eigenvalue weighted by Gasteiger charge is 2.42. The van der Waals surface area contributed by atoms with E-state index in [1.54, 1.807) is 0 Å². The van der Waals surface area contributed by atoms with Crippen molar-refractivity contribution in [3.63, 3.8) is 0 Å². The number of nitrogens with zero attached hydrogens (tertiary/aromatic N) is 1. The third kappa shape index (κ3) is 2.20. The Morgan fingerprint density at radius 1 is 1.64 bits per heavy atom. The summed E-state index contributed by atoms with van der Waals surface area (Å²) < 4.78 is 25.4. The molecule has 0 aromatic rings. The van der Waals surface area contributed by atoms with E-state index in [4.69, 9.17) is 5.73 Å². The number of halogens is 2. The maximum absolute atomic E-state index is 12.7. The second-order valence-corrected chi connectivity index (χ2v) is 4.38. The summed E-state index contributed by atoms with van der Waals surface area (Å²) in [5, 5.41) is 0. The summed E-state index contributed by atoms with van der Waals surface area (Å²) >= 11 is 0. The lowest BCUT2D eigenvalue weighted by molar-refractivity contribution is -0.154. The molecule has 3 nitrogen and oxygen atoms in total. The van der Waals surface area contributed by atoms with E-state index in [1.165, 1.54) is 4.90 Å². The standard InChI is InChI=1S/C9H16F2N2O/c1-8(5-12)3-4-13(6-8)7(14)9(2,10)11/h3-6,12H2,1-2H3. The van der Waals surface area contributed by atoms with E-state index >= 15 is 0 Å². The first kappa shape index (κ1) is 11.4. The van der Waals surface area contributed by atoms with Crippen LogP contribution in [-0.2, 0) is 4.79 Å². The van der Waals surface area contributed by atoms with E-state index in [1.807, 2.05) is 6.92 Å². The topological polar surface area (TPSA) is 46.3 Å². The molecule has 1 heterocycles. The Bertz CT molecular complexity index is 239. The van der Waals surface area contributed by atoms with Crippen molar-refractivity contribution in [2.75, 3.05) is 19.6 Å². The Morgan fingerprint density at radius 2 is 2.21 bits per heavy atom. The highest BCUT2D eigenvalue weighted by Crippen LogP contribution is 2.30. The van der Waals surface area contributed by atoms with Gasteiger partial charge in [0.2, 0.25) is 0 Å². The third-order valence-corrected chi connectivity index (χ3v) is 2.71. The Hall–Kier alpha value is -0.710. The van der Waals surface area contributed by atoms with E-state index < -0.39 is 11.8 Å². The van der Waals surface area contributed by atoms with E-state index in [0.29, 0.717) is 33.0 Å². The Kier molecular flexibility index (Phi) is 2.81. The fourth-order valence-electron chi connectivity index (χ4n) is 1.64. The SMILES string of the molecule is CC1(CN)CCN(C(=O)C(C)(F)F)C1. The normalized spacial score (nSPS) is 28.2. The van der Waals surface area contributed by atoms with Crippen LogP contribution in [0.1, 0.15) is 20.3 Å². The van der Waals surface area contributed by atoms with Crippen LogP contribution in [0.3, 0.4) is 0 Å². The molecule has 1 aliphatic rings. The number of alkyl halides is 2. The Labute approximate surface area is 82.2 Å². The van der Waals surface area contributed by atoms with Gasteiger partial charge in [0.25, 0.3) is 5.91 Å². The summed E-state index contributed by atoms with van der Waals surface area (Å²) in [5.41, 5.74) is 5.32. The monoisotopic (exact) mass is 206 g/mol. The molecule has 1 unspecified atom stereocenters. The highest BCUT2D eigenvalue weighted by molar-refractivity contribution is 5.83. The second-order valence-electron chi connectivity index (χ2n) is 4.38. The fourth-order valence-corrected chi connectivity index (χ4v) is 1.64. The number of amides is 1. The maximum Gasteiger partial charge on any atom is 0.322 e. The molecule has 1 rings (SSSR count). The molecule has 1 saturated heterocycles. The van der Waals surface area contributed by atoms with Gasteiger partial charge in [0.15, 0.2) is 0 Å². The maximum atomic E-state index is 12.7. The quantitative estimate of drug-likeness (QED) is 0.727. The number of nitrogens with two attached hydrogens (primary N) is 1. The van der Waals surface area contributed by atoms with Gasteiger partial charge in [-0.25, -0.2) is 0 Å². The number of likely N-dealkylation sites (tertiary alicyclic amines) is 1. The average Bonchev–Trinajstić information content (AvgIpc) is 2.46. The molecule has 1 fully saturated rings. The zero-order chi connectivity index (χ0) is 11.0. The largest absolute Gasteiger partial charge is 0.337 e. The Balaban J connectivity index is 2.63. The molecule has 0 aromatic carbocycles. The van der Waals surface area contributed by atoms with E-state index in [2.05, 4.69) is 0 Å². The summed E-state index contributed by atoms with van der Waals surface area (Å²) in [6.45, 7) is 3.69. The lowest BCUT2D eigenvalue weighted by atomic mass is 9.90. The van der Waals surface area contributed by atoms with Crippen molar-refractivity contribution in [2.45, 2.75) is 26.2 Å². The van der Waals surface area contributed by atoms with Gasteiger partial charge in [0, 0.05) is 20.0 Å². The molecule has 2 N–H and O–H groups in total. The third-order valence-electron chi connectivity index (χ3n) is 2.71. The van der Waals surface area contributed by atoms with E-state index in [9.17, 15) is 13.6 Å². The van der Waals surface area contributed by atoms with Crippen molar-refractivity contribution in [3.05, 3.63) is 0 Å². The molecular weight excluding hydrogens is 190 g/mol. The molecule has 1 aliphatic heterocycles. The van der Waals surface area contributed by atoms with Gasteiger partial charge in [-0.1, -0.05) is 6.92 Å². The van der Waals surface area contributed by atoms with Crippen molar-refractivity contribution in [1.29, 1.82) is 0 Å². The zero-order valence-electron chi connectivity index (χ0n) is 8.52. The number of rotatable bonds is 2. The molecule has 0 radical (unpaired) electrons. The highest BCUT2D eigenvalue weighted by atomic mass is 19.3. The number of hydrogen-bond donors (Lipinski definition) is 1. The van der Waals surface area contributed by atoms with Gasteiger partial charge in [0.1, 0.15) is 0 Å². The predicted molar refractivity (Wildman–Crippen MR) is 49.0 cm³/mol. The molecule has 0 aliphatic carbocycles. The van der Waals surface area contributed by atoms with Gasteiger partial charge in [0.05, 0.1) is 0 Å². The molecular formula is C9H16F2N2O. The van der Waals surface area contributed by atoms with Crippen molar-refractivity contribution in [2.24, 2.45) is 11.1 Å². The molecule has 0 bridgehead atoms. The second kappa shape index (κ2) is 3.46. The minimum Gasteiger partial charge on any atom is -0.337 e. The number of carbonyl (C=O) groups excluding carboxylic acids is 1. The van der Waals surface area contributed by atoms with Crippen LogP contribution in [0.4, 0.5) is 8.78 Å². The van der Waals surface area contributed by atoms with Crippen molar-refractivity contribution >= 4 is 5.91 Å². The van der Waals surface area contributed by atoms with Gasteiger partial charge in [-0.3, -0.25) is 4.79 Å². The van der Waals surface area contributed by atoms with Crippen LogP contribution in [0, 0.1) is 5.41 Å². The number of hydrogen-bond acceptors (Lipinski definition) is 2. The number of carbonyl (C=O) groups is 1. The minimum absolute atomic E-state index is 0.194. The minimum atomic E-state index is -3.26. The molecule has 5 heteroatoms. The van der Waals surface area contributed by atoms with Crippen LogP contribution in [0.5, 0.6) is 0 Å². The Morgan fingerprint density at radius 3 is 2.57 bits per heavy atom. The molecule has 0 spiro atoms. The van der Waals surface area contributed by atoms with Crippen molar-refractivity contribution in [3.8, 4) is 0 Å². The van der Waals surface area contributed by atoms with Crippen LogP contribution < -0.4 is 5.73 Å². The van der Waals surface area contributed by atoms with Gasteiger partial charge in [-0.2, -0.15) is 8.78 Å². The molecule has 14 heavy (non-hydrogen) atoms.